The number of hydrogen-bond acceptors (Lipinski definition) is 3. The van der Waals surface area contributed by atoms with Gasteiger partial charge in [-0.3, -0.25) is 0 Å². The topological polar surface area (TPSA) is 122 Å². The summed E-state index contributed by atoms with van der Waals surface area (Å²) in [5, 5.41) is 0. The lowest BCUT2D eigenvalue weighted by atomic mass is 10.2. The number of phosphoric acid groups is 1. The van der Waals surface area contributed by atoms with E-state index in [0.29, 0.717) is 0 Å². The molecule has 88 valence electrons. The summed E-state index contributed by atoms with van der Waals surface area (Å²) in [4.78, 5) is 25.7. The quantitative estimate of drug-likeness (QED) is 0.533. The van der Waals surface area contributed by atoms with Crippen LogP contribution >= 0.6 is 7.82 Å². The van der Waals surface area contributed by atoms with Crippen LogP contribution in [-0.2, 0) is 11.6 Å². The molecule has 8 heteroatoms. The third-order valence-corrected chi connectivity index (χ3v) is 1.63. The second-order valence-electron chi connectivity index (χ2n) is 2.92. The van der Waals surface area contributed by atoms with E-state index in [9.17, 15) is 0 Å². The minimum absolute atomic E-state index is 0.0833. The molecule has 1 heterocycles. The summed E-state index contributed by atoms with van der Waals surface area (Å²) in [7, 11) is -2.68. The van der Waals surface area contributed by atoms with Crippen LogP contribution in [0.15, 0.2) is 12.4 Å². The summed E-state index contributed by atoms with van der Waals surface area (Å²) in [6.45, 7) is 2.05. The lowest BCUT2D eigenvalue weighted by Crippen LogP contribution is -2.13. The summed E-state index contributed by atoms with van der Waals surface area (Å²) in [6.07, 6.45) is 4.61. The Balaban J connectivity index is 0.000000336. The Morgan fingerprint density at radius 1 is 1.60 bits per heavy atom. The number of aromatic nitrogens is 2. The van der Waals surface area contributed by atoms with Gasteiger partial charge in [0.05, 0.1) is 6.04 Å². The predicted molar refractivity (Wildman–Crippen MR) is 54.7 cm³/mol. The highest BCUT2D eigenvalue weighted by atomic mass is 31.2. The van der Waals surface area contributed by atoms with Crippen molar-refractivity contribution >= 4 is 7.82 Å². The third-order valence-electron chi connectivity index (χ3n) is 1.63. The van der Waals surface area contributed by atoms with E-state index in [0.717, 1.165) is 12.2 Å². The Morgan fingerprint density at radius 3 is 2.33 bits per heavy atom. The number of nitrogens with zero attached hydrogens (tertiary/aromatic N) is 2. The van der Waals surface area contributed by atoms with Crippen LogP contribution in [0.3, 0.4) is 0 Å². The van der Waals surface area contributed by atoms with Crippen LogP contribution in [0.4, 0.5) is 0 Å². The summed E-state index contributed by atoms with van der Waals surface area (Å²) in [5.41, 5.74) is 5.76. The van der Waals surface area contributed by atoms with E-state index in [2.05, 4.69) is 11.9 Å². The van der Waals surface area contributed by atoms with Gasteiger partial charge in [0.15, 0.2) is 0 Å². The molecule has 0 saturated heterocycles. The molecule has 15 heavy (non-hydrogen) atoms. The van der Waals surface area contributed by atoms with Gasteiger partial charge in [0, 0.05) is 19.4 Å². The van der Waals surface area contributed by atoms with Gasteiger partial charge in [-0.15, -0.1) is 0 Å². The van der Waals surface area contributed by atoms with E-state index < -0.39 is 7.82 Å². The van der Waals surface area contributed by atoms with Crippen molar-refractivity contribution in [1.82, 2.24) is 9.55 Å². The molecule has 0 bridgehead atoms. The molecule has 0 aliphatic heterocycles. The van der Waals surface area contributed by atoms with Gasteiger partial charge in [-0.2, -0.15) is 0 Å². The first-order chi connectivity index (χ1) is 6.75. The molecule has 7 nitrogen and oxygen atoms in total. The molecule has 5 N–H and O–H groups in total. The fourth-order valence-corrected chi connectivity index (χ4v) is 0.917. The number of hydrogen-bond donors (Lipinski definition) is 4. The van der Waals surface area contributed by atoms with E-state index in [4.69, 9.17) is 25.0 Å². The Kier molecular flexibility index (Phi) is 5.71. The molecule has 1 aromatic heterocycles. The van der Waals surface area contributed by atoms with Gasteiger partial charge >= 0.3 is 7.82 Å². The van der Waals surface area contributed by atoms with Crippen molar-refractivity contribution in [3.63, 3.8) is 0 Å². The minimum Gasteiger partial charge on any atom is -0.337 e. The summed E-state index contributed by atoms with van der Waals surface area (Å²) < 4.78 is 10.8. The fraction of sp³-hybridized carbons (Fsp3) is 0.571. The number of rotatable bonds is 2. The van der Waals surface area contributed by atoms with E-state index in [-0.39, 0.29) is 6.04 Å². The lowest BCUT2D eigenvalue weighted by molar-refractivity contribution is 0.275. The average Bonchev–Trinajstić information content (AvgIpc) is 2.47. The second-order valence-corrected chi connectivity index (χ2v) is 3.95. The molecule has 0 aliphatic carbocycles. The van der Waals surface area contributed by atoms with E-state index in [1.807, 2.05) is 17.8 Å². The maximum atomic E-state index is 8.88. The molecule has 1 atom stereocenters. The Labute approximate surface area is 87.8 Å². The first-order valence-electron chi connectivity index (χ1n) is 4.26. The zero-order valence-electron chi connectivity index (χ0n) is 8.61. The molecule has 1 rings (SSSR count). The molecular weight excluding hydrogens is 221 g/mol. The van der Waals surface area contributed by atoms with Crippen molar-refractivity contribution in [3.05, 3.63) is 18.2 Å². The zero-order valence-corrected chi connectivity index (χ0v) is 9.50. The van der Waals surface area contributed by atoms with Gasteiger partial charge in [-0.1, -0.05) is 6.92 Å². The monoisotopic (exact) mass is 237 g/mol. The van der Waals surface area contributed by atoms with Crippen LogP contribution in [0.25, 0.3) is 0 Å². The summed E-state index contributed by atoms with van der Waals surface area (Å²) in [6, 6.07) is 0.0833. The summed E-state index contributed by atoms with van der Waals surface area (Å²) >= 11 is 0. The van der Waals surface area contributed by atoms with E-state index in [1.165, 1.54) is 0 Å². The highest BCUT2D eigenvalue weighted by Crippen LogP contribution is 2.25. The highest BCUT2D eigenvalue weighted by Gasteiger charge is 2.06. The Morgan fingerprint density at radius 2 is 2.07 bits per heavy atom. The molecule has 0 amide bonds. The van der Waals surface area contributed by atoms with Crippen LogP contribution in [0.5, 0.6) is 0 Å². The first-order valence-corrected chi connectivity index (χ1v) is 5.83. The predicted octanol–water partition coefficient (Wildman–Crippen LogP) is -0.0987. The standard InChI is InChI=1S/C7H13N3.H3O4P/c1-3-6(8)7-9-4-5-10(7)2;1-5(2,3)4/h4-6H,3,8H2,1-2H3;(H3,1,2,3,4). The van der Waals surface area contributed by atoms with Crippen LogP contribution < -0.4 is 5.73 Å². The molecule has 0 radical (unpaired) electrons. The lowest BCUT2D eigenvalue weighted by Gasteiger charge is -2.07. The van der Waals surface area contributed by atoms with Gasteiger partial charge in [0.25, 0.3) is 0 Å². The van der Waals surface area contributed by atoms with E-state index >= 15 is 0 Å². The fourth-order valence-electron chi connectivity index (χ4n) is 0.917. The third kappa shape index (κ3) is 7.24. The minimum atomic E-state index is -4.64. The van der Waals surface area contributed by atoms with Crippen molar-refractivity contribution in [1.29, 1.82) is 0 Å². The second kappa shape index (κ2) is 5.99. The van der Waals surface area contributed by atoms with Crippen LogP contribution in [-0.4, -0.2) is 24.2 Å². The molecule has 0 aromatic carbocycles. The van der Waals surface area contributed by atoms with Crippen molar-refractivity contribution in [2.24, 2.45) is 12.8 Å². The largest absolute Gasteiger partial charge is 0.466 e. The molecule has 0 fully saturated rings. The van der Waals surface area contributed by atoms with Crippen LogP contribution in [0.2, 0.25) is 0 Å². The van der Waals surface area contributed by atoms with Gasteiger partial charge < -0.3 is 25.0 Å². The summed E-state index contributed by atoms with van der Waals surface area (Å²) in [5.74, 6) is 0.961. The van der Waals surface area contributed by atoms with Crippen LogP contribution in [0, 0.1) is 0 Å². The zero-order chi connectivity index (χ0) is 12.1. The maximum absolute atomic E-state index is 8.88. The molecule has 0 spiro atoms. The average molecular weight is 237 g/mol. The molecule has 1 aromatic rings. The highest BCUT2D eigenvalue weighted by molar-refractivity contribution is 7.45. The van der Waals surface area contributed by atoms with Crippen LogP contribution in [0.1, 0.15) is 25.2 Å². The molecular formula is C7H16N3O4P. The maximum Gasteiger partial charge on any atom is 0.466 e. The normalized spacial score (nSPS) is 12.9. The van der Waals surface area contributed by atoms with Crippen molar-refractivity contribution < 1.29 is 19.2 Å². The smallest absolute Gasteiger partial charge is 0.337 e. The SMILES string of the molecule is CCC(N)c1nccn1C.O=P(O)(O)O. The number of nitrogens with two attached hydrogens (primary N) is 1. The molecule has 0 saturated carbocycles. The van der Waals surface area contributed by atoms with Gasteiger partial charge in [-0.25, -0.2) is 9.55 Å². The Bertz CT molecular complexity index is 326. The number of imidazole rings is 1. The van der Waals surface area contributed by atoms with Crippen molar-refractivity contribution in [2.75, 3.05) is 0 Å². The Hall–Kier alpha value is -0.720. The first kappa shape index (κ1) is 14.3. The van der Waals surface area contributed by atoms with Crippen molar-refractivity contribution in [2.45, 2.75) is 19.4 Å². The van der Waals surface area contributed by atoms with Crippen molar-refractivity contribution in [3.8, 4) is 0 Å². The molecule has 0 aliphatic rings. The number of aryl methyl sites for hydroxylation is 1. The van der Waals surface area contributed by atoms with Gasteiger partial charge in [0.1, 0.15) is 5.82 Å². The van der Waals surface area contributed by atoms with Gasteiger partial charge in [0.2, 0.25) is 0 Å². The van der Waals surface area contributed by atoms with E-state index in [1.54, 1.807) is 6.20 Å². The molecule has 1 unspecified atom stereocenters. The van der Waals surface area contributed by atoms with Gasteiger partial charge in [-0.05, 0) is 6.42 Å².